The standard InChI is InChI=1S/C19H26N4O5S2/c1-4-16(18(24)28-5-2)29-19-21-20-17(22(19)3)14-6-8-15(9-7-14)30(25,26)23-10-12-27-13-11-23/h6-9,16H,4-5,10-13H2,1-3H3. The number of ether oxygens (including phenoxy) is 2. The van der Waals surface area contributed by atoms with Crippen molar-refractivity contribution in [2.45, 2.75) is 35.6 Å². The lowest BCUT2D eigenvalue weighted by molar-refractivity contribution is -0.142. The monoisotopic (exact) mass is 454 g/mol. The summed E-state index contributed by atoms with van der Waals surface area (Å²) >= 11 is 1.31. The Morgan fingerprint density at radius 1 is 1.20 bits per heavy atom. The molecule has 1 aliphatic rings. The molecule has 2 heterocycles. The molecule has 1 aromatic heterocycles. The van der Waals surface area contributed by atoms with Gasteiger partial charge in [0.2, 0.25) is 10.0 Å². The summed E-state index contributed by atoms with van der Waals surface area (Å²) in [7, 11) is -1.73. The van der Waals surface area contributed by atoms with Crippen LogP contribution in [0.2, 0.25) is 0 Å². The first-order valence-electron chi connectivity index (χ1n) is 9.79. The van der Waals surface area contributed by atoms with Crippen LogP contribution in [0, 0.1) is 0 Å². The van der Waals surface area contributed by atoms with E-state index in [0.29, 0.717) is 50.3 Å². The molecule has 1 aliphatic heterocycles. The number of aromatic nitrogens is 3. The van der Waals surface area contributed by atoms with Crippen LogP contribution in [0.4, 0.5) is 0 Å². The number of morpholine rings is 1. The molecule has 0 bridgehead atoms. The van der Waals surface area contributed by atoms with Crippen LogP contribution in [0.25, 0.3) is 11.4 Å². The van der Waals surface area contributed by atoms with E-state index in [-0.39, 0.29) is 16.1 Å². The predicted octanol–water partition coefficient (Wildman–Crippen LogP) is 1.94. The number of esters is 1. The summed E-state index contributed by atoms with van der Waals surface area (Å²) in [5, 5.41) is 8.65. The number of hydrogen-bond acceptors (Lipinski definition) is 8. The fourth-order valence-corrected chi connectivity index (χ4v) is 5.37. The summed E-state index contributed by atoms with van der Waals surface area (Å²) in [6.45, 7) is 5.54. The normalized spacial score (nSPS) is 16.4. The molecule has 1 aromatic carbocycles. The van der Waals surface area contributed by atoms with Crippen molar-refractivity contribution in [2.24, 2.45) is 7.05 Å². The first kappa shape index (κ1) is 22.7. The zero-order valence-corrected chi connectivity index (χ0v) is 18.9. The van der Waals surface area contributed by atoms with Crippen molar-refractivity contribution >= 4 is 27.8 Å². The average Bonchev–Trinajstić information content (AvgIpc) is 3.12. The molecule has 2 aromatic rings. The van der Waals surface area contributed by atoms with Crippen LogP contribution < -0.4 is 0 Å². The average molecular weight is 455 g/mol. The molecule has 11 heteroatoms. The van der Waals surface area contributed by atoms with Gasteiger partial charge in [-0.1, -0.05) is 18.7 Å². The van der Waals surface area contributed by atoms with Crippen LogP contribution >= 0.6 is 11.8 Å². The zero-order chi connectivity index (χ0) is 21.7. The number of carbonyl (C=O) groups excluding carboxylic acids is 1. The van der Waals surface area contributed by atoms with Gasteiger partial charge in [0.15, 0.2) is 11.0 Å². The van der Waals surface area contributed by atoms with E-state index < -0.39 is 10.0 Å². The second-order valence-corrected chi connectivity index (χ2v) is 9.78. The van der Waals surface area contributed by atoms with Crippen molar-refractivity contribution in [3.05, 3.63) is 24.3 Å². The van der Waals surface area contributed by atoms with Crippen molar-refractivity contribution in [3.63, 3.8) is 0 Å². The van der Waals surface area contributed by atoms with Gasteiger partial charge in [0, 0.05) is 25.7 Å². The summed E-state index contributed by atoms with van der Waals surface area (Å²) in [4.78, 5) is 12.3. The molecule has 30 heavy (non-hydrogen) atoms. The fourth-order valence-electron chi connectivity index (χ4n) is 3.04. The molecule has 3 rings (SSSR count). The maximum absolute atomic E-state index is 12.8. The molecule has 0 spiro atoms. The molecule has 9 nitrogen and oxygen atoms in total. The number of hydrogen-bond donors (Lipinski definition) is 0. The van der Waals surface area contributed by atoms with Gasteiger partial charge in [-0.2, -0.15) is 4.31 Å². The SMILES string of the molecule is CCOC(=O)C(CC)Sc1nnc(-c2ccc(S(=O)(=O)N3CCOCC3)cc2)n1C. The van der Waals surface area contributed by atoms with Crippen LogP contribution in [0.1, 0.15) is 20.3 Å². The third-order valence-electron chi connectivity index (χ3n) is 4.72. The quantitative estimate of drug-likeness (QED) is 0.440. The summed E-state index contributed by atoms with van der Waals surface area (Å²) in [6.07, 6.45) is 0.611. The lowest BCUT2D eigenvalue weighted by atomic mass is 10.2. The number of nitrogens with zero attached hydrogens (tertiary/aromatic N) is 4. The van der Waals surface area contributed by atoms with Gasteiger partial charge in [0.1, 0.15) is 5.25 Å². The molecule has 0 aliphatic carbocycles. The Kier molecular flexibility index (Phi) is 7.50. The third kappa shape index (κ3) is 4.85. The first-order chi connectivity index (χ1) is 14.4. The largest absolute Gasteiger partial charge is 0.465 e. The van der Waals surface area contributed by atoms with E-state index in [1.807, 2.05) is 14.0 Å². The Balaban J connectivity index is 1.78. The van der Waals surface area contributed by atoms with Crippen LogP contribution in [-0.4, -0.2) is 71.6 Å². The minimum atomic E-state index is -3.55. The van der Waals surface area contributed by atoms with Crippen molar-refractivity contribution in [3.8, 4) is 11.4 Å². The number of sulfonamides is 1. The predicted molar refractivity (Wildman–Crippen MR) is 113 cm³/mol. The van der Waals surface area contributed by atoms with Gasteiger partial charge >= 0.3 is 5.97 Å². The van der Waals surface area contributed by atoms with Gasteiger partial charge in [-0.3, -0.25) is 4.79 Å². The topological polar surface area (TPSA) is 104 Å². The van der Waals surface area contributed by atoms with E-state index in [9.17, 15) is 13.2 Å². The molecule has 1 unspecified atom stereocenters. The zero-order valence-electron chi connectivity index (χ0n) is 17.3. The molecule has 0 N–H and O–H groups in total. The van der Waals surface area contributed by atoms with Crippen LogP contribution in [-0.2, 0) is 31.3 Å². The minimum absolute atomic E-state index is 0.235. The second kappa shape index (κ2) is 9.90. The number of rotatable bonds is 8. The minimum Gasteiger partial charge on any atom is -0.465 e. The Morgan fingerprint density at radius 3 is 2.47 bits per heavy atom. The Bertz CT molecular complexity index is 969. The van der Waals surface area contributed by atoms with Crippen molar-refractivity contribution in [1.29, 1.82) is 0 Å². The smallest absolute Gasteiger partial charge is 0.319 e. The summed E-state index contributed by atoms with van der Waals surface area (Å²) in [5.41, 5.74) is 0.738. The molecular formula is C19H26N4O5S2. The van der Waals surface area contributed by atoms with Gasteiger partial charge in [0.05, 0.1) is 24.7 Å². The van der Waals surface area contributed by atoms with E-state index in [0.717, 1.165) is 5.56 Å². The molecule has 0 amide bonds. The van der Waals surface area contributed by atoms with Gasteiger partial charge in [-0.25, -0.2) is 8.42 Å². The highest BCUT2D eigenvalue weighted by atomic mass is 32.2. The maximum Gasteiger partial charge on any atom is 0.319 e. The third-order valence-corrected chi connectivity index (χ3v) is 8.01. The number of carbonyl (C=O) groups is 1. The van der Waals surface area contributed by atoms with Crippen molar-refractivity contribution < 1.29 is 22.7 Å². The Morgan fingerprint density at radius 2 is 1.87 bits per heavy atom. The Labute approximate surface area is 180 Å². The maximum atomic E-state index is 12.8. The molecule has 164 valence electrons. The van der Waals surface area contributed by atoms with E-state index in [1.54, 1.807) is 35.8 Å². The van der Waals surface area contributed by atoms with Gasteiger partial charge in [-0.15, -0.1) is 10.2 Å². The van der Waals surface area contributed by atoms with E-state index in [1.165, 1.54) is 16.1 Å². The fraction of sp³-hybridized carbons (Fsp3) is 0.526. The highest BCUT2D eigenvalue weighted by molar-refractivity contribution is 8.00. The van der Waals surface area contributed by atoms with E-state index in [2.05, 4.69) is 10.2 Å². The molecular weight excluding hydrogens is 428 g/mol. The van der Waals surface area contributed by atoms with Gasteiger partial charge in [0.25, 0.3) is 0 Å². The molecule has 0 saturated carbocycles. The molecule has 1 fully saturated rings. The molecule has 0 radical (unpaired) electrons. The van der Waals surface area contributed by atoms with E-state index >= 15 is 0 Å². The van der Waals surface area contributed by atoms with Crippen molar-refractivity contribution in [1.82, 2.24) is 19.1 Å². The van der Waals surface area contributed by atoms with Crippen LogP contribution in [0.5, 0.6) is 0 Å². The number of thioether (sulfide) groups is 1. The molecule has 1 saturated heterocycles. The van der Waals surface area contributed by atoms with Crippen LogP contribution in [0.15, 0.2) is 34.3 Å². The second-order valence-electron chi connectivity index (χ2n) is 6.67. The highest BCUT2D eigenvalue weighted by Crippen LogP contribution is 2.28. The summed E-state index contributed by atoms with van der Waals surface area (Å²) in [6, 6.07) is 6.59. The lowest BCUT2D eigenvalue weighted by Crippen LogP contribution is -2.40. The van der Waals surface area contributed by atoms with Gasteiger partial charge in [-0.05, 0) is 37.6 Å². The summed E-state index contributed by atoms with van der Waals surface area (Å²) < 4.78 is 39.1. The van der Waals surface area contributed by atoms with Crippen LogP contribution in [0.3, 0.4) is 0 Å². The first-order valence-corrected chi connectivity index (χ1v) is 12.1. The van der Waals surface area contributed by atoms with Gasteiger partial charge < -0.3 is 14.0 Å². The number of benzene rings is 1. The highest BCUT2D eigenvalue weighted by Gasteiger charge is 2.27. The van der Waals surface area contributed by atoms with Crippen molar-refractivity contribution in [2.75, 3.05) is 32.9 Å². The van der Waals surface area contributed by atoms with E-state index in [4.69, 9.17) is 9.47 Å². The summed E-state index contributed by atoms with van der Waals surface area (Å²) in [5.74, 6) is 0.318. The Hall–Kier alpha value is -1.95. The molecule has 1 atom stereocenters. The lowest BCUT2D eigenvalue weighted by Gasteiger charge is -2.26.